The summed E-state index contributed by atoms with van der Waals surface area (Å²) in [5.74, 6) is -2.24. The molecule has 0 atom stereocenters. The molecule has 10 heteroatoms. The second-order valence-corrected chi connectivity index (χ2v) is 8.02. The molecular weight excluding hydrogens is 521 g/mol. The SMILES string of the molecule is CCCOc1ccc(C(=O)Oc2ccc(Br)cc2/C=N/NC(=O)C(=O)Nc2ccc(F)cc2)cc1. The lowest BCUT2D eigenvalue weighted by molar-refractivity contribution is -0.136. The van der Waals surface area contributed by atoms with Crippen LogP contribution in [0.1, 0.15) is 29.3 Å². The number of esters is 1. The molecule has 0 aromatic heterocycles. The first-order chi connectivity index (χ1) is 16.9. The summed E-state index contributed by atoms with van der Waals surface area (Å²) in [7, 11) is 0. The van der Waals surface area contributed by atoms with Crippen LogP contribution in [0, 0.1) is 5.82 Å². The van der Waals surface area contributed by atoms with Crippen LogP contribution in [0.25, 0.3) is 0 Å². The monoisotopic (exact) mass is 541 g/mol. The van der Waals surface area contributed by atoms with E-state index in [0.717, 1.165) is 18.6 Å². The number of rotatable bonds is 8. The van der Waals surface area contributed by atoms with Crippen molar-refractivity contribution in [3.05, 3.63) is 88.1 Å². The number of carbonyl (C=O) groups is 3. The van der Waals surface area contributed by atoms with Crippen LogP contribution in [-0.2, 0) is 9.59 Å². The topological polar surface area (TPSA) is 106 Å². The van der Waals surface area contributed by atoms with Gasteiger partial charge in [0.15, 0.2) is 0 Å². The van der Waals surface area contributed by atoms with Crippen molar-refractivity contribution in [2.24, 2.45) is 5.10 Å². The van der Waals surface area contributed by atoms with E-state index in [0.29, 0.717) is 28.0 Å². The summed E-state index contributed by atoms with van der Waals surface area (Å²) in [6.45, 7) is 2.58. The summed E-state index contributed by atoms with van der Waals surface area (Å²) < 4.78 is 24.6. The molecule has 3 aromatic rings. The number of benzene rings is 3. The third-order valence-corrected chi connectivity index (χ3v) is 4.91. The zero-order valence-corrected chi connectivity index (χ0v) is 20.2. The van der Waals surface area contributed by atoms with Crippen LogP contribution in [0.15, 0.2) is 76.3 Å². The Balaban J connectivity index is 1.63. The maximum absolute atomic E-state index is 13.0. The normalized spacial score (nSPS) is 10.6. The van der Waals surface area contributed by atoms with Crippen molar-refractivity contribution in [2.45, 2.75) is 13.3 Å². The second kappa shape index (κ2) is 12.4. The second-order valence-electron chi connectivity index (χ2n) is 7.10. The highest BCUT2D eigenvalue weighted by molar-refractivity contribution is 9.10. The molecule has 0 spiro atoms. The Morgan fingerprint density at radius 3 is 2.40 bits per heavy atom. The van der Waals surface area contributed by atoms with Gasteiger partial charge in [-0.3, -0.25) is 9.59 Å². The lowest BCUT2D eigenvalue weighted by Gasteiger charge is -2.09. The number of hydrazone groups is 1. The minimum Gasteiger partial charge on any atom is -0.494 e. The lowest BCUT2D eigenvalue weighted by atomic mass is 10.2. The van der Waals surface area contributed by atoms with Gasteiger partial charge in [-0.1, -0.05) is 22.9 Å². The molecular formula is C25H21BrFN3O5. The van der Waals surface area contributed by atoms with Crippen LogP contribution in [0.4, 0.5) is 10.1 Å². The van der Waals surface area contributed by atoms with Gasteiger partial charge in [-0.25, -0.2) is 14.6 Å². The number of nitrogens with one attached hydrogen (secondary N) is 2. The molecule has 180 valence electrons. The van der Waals surface area contributed by atoms with Crippen molar-refractivity contribution >= 4 is 45.6 Å². The molecule has 8 nitrogen and oxygen atoms in total. The van der Waals surface area contributed by atoms with Crippen molar-refractivity contribution in [3.8, 4) is 11.5 Å². The van der Waals surface area contributed by atoms with Crippen molar-refractivity contribution in [2.75, 3.05) is 11.9 Å². The van der Waals surface area contributed by atoms with Crippen LogP contribution < -0.4 is 20.2 Å². The highest BCUT2D eigenvalue weighted by atomic mass is 79.9. The number of hydrogen-bond acceptors (Lipinski definition) is 6. The van der Waals surface area contributed by atoms with Gasteiger partial charge in [0.25, 0.3) is 0 Å². The molecule has 0 aliphatic rings. The van der Waals surface area contributed by atoms with E-state index in [1.807, 2.05) is 6.92 Å². The van der Waals surface area contributed by atoms with Crippen molar-refractivity contribution in [1.82, 2.24) is 5.43 Å². The zero-order chi connectivity index (χ0) is 25.2. The maximum Gasteiger partial charge on any atom is 0.343 e. The Kier molecular flexibility index (Phi) is 9.08. The number of anilines is 1. The largest absolute Gasteiger partial charge is 0.494 e. The Hall–Kier alpha value is -4.05. The highest BCUT2D eigenvalue weighted by Crippen LogP contribution is 2.23. The highest BCUT2D eigenvalue weighted by Gasteiger charge is 2.14. The minimum absolute atomic E-state index is 0.193. The molecule has 2 amide bonds. The summed E-state index contributed by atoms with van der Waals surface area (Å²) in [5.41, 5.74) is 3.04. The molecule has 0 bridgehead atoms. The molecule has 0 aliphatic heterocycles. The molecule has 2 N–H and O–H groups in total. The molecule has 35 heavy (non-hydrogen) atoms. The standard InChI is InChI=1S/C25H21BrFN3O5/c1-2-13-34-21-10-3-16(4-11-21)25(33)35-22-12-5-18(26)14-17(22)15-28-30-24(32)23(31)29-20-8-6-19(27)7-9-20/h3-12,14-15H,2,13H2,1H3,(H,29,31)(H,30,32)/b28-15+. The fourth-order valence-electron chi connectivity index (χ4n) is 2.71. The van der Waals surface area contributed by atoms with E-state index in [-0.39, 0.29) is 11.4 Å². The molecule has 0 fully saturated rings. The van der Waals surface area contributed by atoms with E-state index in [4.69, 9.17) is 9.47 Å². The molecule has 0 radical (unpaired) electrons. The summed E-state index contributed by atoms with van der Waals surface area (Å²) >= 11 is 3.33. The quantitative estimate of drug-likeness (QED) is 0.141. The summed E-state index contributed by atoms with van der Waals surface area (Å²) in [4.78, 5) is 36.5. The zero-order valence-electron chi connectivity index (χ0n) is 18.6. The first kappa shape index (κ1) is 25.6. The van der Waals surface area contributed by atoms with Crippen molar-refractivity contribution in [3.63, 3.8) is 0 Å². The Labute approximate surface area is 209 Å². The fourth-order valence-corrected chi connectivity index (χ4v) is 3.09. The molecule has 0 saturated heterocycles. The lowest BCUT2D eigenvalue weighted by Crippen LogP contribution is -2.32. The van der Waals surface area contributed by atoms with Gasteiger partial charge in [0, 0.05) is 15.7 Å². The minimum atomic E-state index is -1.04. The van der Waals surface area contributed by atoms with E-state index < -0.39 is 23.6 Å². The predicted octanol–water partition coefficient (Wildman–Crippen LogP) is 4.69. The summed E-state index contributed by atoms with van der Waals surface area (Å²) in [6, 6.07) is 16.4. The molecule has 3 aromatic carbocycles. The molecule has 3 rings (SSSR count). The fraction of sp³-hybridized carbons (Fsp3) is 0.120. The van der Waals surface area contributed by atoms with Crippen LogP contribution in [0.5, 0.6) is 11.5 Å². The Morgan fingerprint density at radius 2 is 1.71 bits per heavy atom. The average Bonchev–Trinajstić information content (AvgIpc) is 2.85. The van der Waals surface area contributed by atoms with Gasteiger partial charge in [0.2, 0.25) is 0 Å². The third-order valence-electron chi connectivity index (χ3n) is 4.42. The number of nitrogens with zero attached hydrogens (tertiary/aromatic N) is 1. The molecule has 0 unspecified atom stereocenters. The van der Waals surface area contributed by atoms with Crippen LogP contribution in [0.3, 0.4) is 0 Å². The van der Waals surface area contributed by atoms with Crippen LogP contribution >= 0.6 is 15.9 Å². The molecule has 0 saturated carbocycles. The van der Waals surface area contributed by atoms with E-state index in [1.54, 1.807) is 42.5 Å². The van der Waals surface area contributed by atoms with E-state index >= 15 is 0 Å². The van der Waals surface area contributed by atoms with Gasteiger partial charge in [-0.2, -0.15) is 5.10 Å². The first-order valence-electron chi connectivity index (χ1n) is 10.5. The van der Waals surface area contributed by atoms with Crippen LogP contribution in [-0.4, -0.2) is 30.6 Å². The average molecular weight is 542 g/mol. The smallest absolute Gasteiger partial charge is 0.343 e. The number of hydrogen-bond donors (Lipinski definition) is 2. The Morgan fingerprint density at radius 1 is 1.00 bits per heavy atom. The maximum atomic E-state index is 13.0. The van der Waals surface area contributed by atoms with Gasteiger partial charge < -0.3 is 14.8 Å². The number of amides is 2. The van der Waals surface area contributed by atoms with Gasteiger partial charge in [-0.05, 0) is 73.2 Å². The molecule has 0 heterocycles. The van der Waals surface area contributed by atoms with E-state index in [9.17, 15) is 18.8 Å². The van der Waals surface area contributed by atoms with Crippen molar-refractivity contribution in [1.29, 1.82) is 0 Å². The van der Waals surface area contributed by atoms with E-state index in [1.165, 1.54) is 18.3 Å². The first-order valence-corrected chi connectivity index (χ1v) is 11.3. The number of halogens is 2. The summed E-state index contributed by atoms with van der Waals surface area (Å²) in [5, 5.41) is 6.09. The van der Waals surface area contributed by atoms with Gasteiger partial charge in [0.05, 0.1) is 18.4 Å². The van der Waals surface area contributed by atoms with E-state index in [2.05, 4.69) is 31.8 Å². The number of ether oxygens (including phenoxy) is 2. The number of carbonyl (C=O) groups excluding carboxylic acids is 3. The Bertz CT molecular complexity index is 1230. The summed E-state index contributed by atoms with van der Waals surface area (Å²) in [6.07, 6.45) is 2.11. The van der Waals surface area contributed by atoms with Gasteiger partial charge >= 0.3 is 17.8 Å². The third kappa shape index (κ3) is 7.75. The van der Waals surface area contributed by atoms with Crippen molar-refractivity contribution < 1.29 is 28.2 Å². The van der Waals surface area contributed by atoms with Crippen LogP contribution in [0.2, 0.25) is 0 Å². The predicted molar refractivity (Wildman–Crippen MR) is 132 cm³/mol. The van der Waals surface area contributed by atoms with Gasteiger partial charge in [-0.15, -0.1) is 0 Å². The van der Waals surface area contributed by atoms with Gasteiger partial charge in [0.1, 0.15) is 17.3 Å². The molecule has 0 aliphatic carbocycles.